The van der Waals surface area contributed by atoms with Gasteiger partial charge in [-0.1, -0.05) is 6.07 Å². The number of rotatable bonds is 5. The number of aromatic nitrogens is 3. The van der Waals surface area contributed by atoms with Crippen LogP contribution in [0.1, 0.15) is 18.4 Å². The van der Waals surface area contributed by atoms with E-state index in [0.29, 0.717) is 18.1 Å². The maximum Gasteiger partial charge on any atom is 0.319 e. The van der Waals surface area contributed by atoms with E-state index in [9.17, 15) is 4.79 Å². The lowest BCUT2D eigenvalue weighted by atomic mass is 10.2. The van der Waals surface area contributed by atoms with E-state index in [1.54, 1.807) is 12.5 Å². The Bertz CT molecular complexity index is 835. The fourth-order valence-corrected chi connectivity index (χ4v) is 2.47. The Kier molecular flexibility index (Phi) is 4.83. The van der Waals surface area contributed by atoms with Gasteiger partial charge in [0, 0.05) is 36.2 Å². The largest absolute Gasteiger partial charge is 0.441 e. The first-order valence-electron chi connectivity index (χ1n) is 8.09. The number of imidazole rings is 1. The third-order valence-electron chi connectivity index (χ3n) is 3.82. The van der Waals surface area contributed by atoms with Gasteiger partial charge in [0.05, 0.1) is 12.0 Å². The van der Waals surface area contributed by atoms with Gasteiger partial charge in [-0.05, 0) is 39.0 Å². The summed E-state index contributed by atoms with van der Waals surface area (Å²) in [6.45, 7) is 6.37. The number of amides is 2. The summed E-state index contributed by atoms with van der Waals surface area (Å²) in [6.07, 6.45) is 5.30. The Morgan fingerprint density at radius 1 is 1.36 bits per heavy atom. The van der Waals surface area contributed by atoms with Crippen molar-refractivity contribution in [1.82, 2.24) is 19.9 Å². The van der Waals surface area contributed by atoms with E-state index in [1.807, 2.05) is 55.8 Å². The van der Waals surface area contributed by atoms with Crippen LogP contribution in [0, 0.1) is 13.8 Å². The number of urea groups is 1. The Morgan fingerprint density at radius 2 is 2.20 bits per heavy atom. The van der Waals surface area contributed by atoms with Gasteiger partial charge in [-0.2, -0.15) is 0 Å². The molecule has 1 atom stereocenters. The normalized spacial score (nSPS) is 12.0. The van der Waals surface area contributed by atoms with Crippen molar-refractivity contribution < 1.29 is 9.21 Å². The number of anilines is 1. The SMILES string of the molecule is Cc1nc(-c2cccc(NC(=O)NC(C)Cn3ccnc3)c2)oc1C. The molecule has 0 radical (unpaired) electrons. The minimum absolute atomic E-state index is 0.0329. The third-order valence-corrected chi connectivity index (χ3v) is 3.82. The molecule has 0 saturated heterocycles. The lowest BCUT2D eigenvalue weighted by Crippen LogP contribution is -2.38. The van der Waals surface area contributed by atoms with E-state index >= 15 is 0 Å². The van der Waals surface area contributed by atoms with Crippen LogP contribution in [0.25, 0.3) is 11.5 Å². The lowest BCUT2D eigenvalue weighted by molar-refractivity contribution is 0.248. The summed E-state index contributed by atoms with van der Waals surface area (Å²) in [5.74, 6) is 1.34. The van der Waals surface area contributed by atoms with Gasteiger partial charge in [0.15, 0.2) is 0 Å². The second-order valence-electron chi connectivity index (χ2n) is 6.00. The van der Waals surface area contributed by atoms with Gasteiger partial charge in [0.25, 0.3) is 0 Å². The molecule has 7 nitrogen and oxygen atoms in total. The predicted molar refractivity (Wildman–Crippen MR) is 95.3 cm³/mol. The van der Waals surface area contributed by atoms with Crippen molar-refractivity contribution in [3.63, 3.8) is 0 Å². The molecule has 1 aromatic carbocycles. The van der Waals surface area contributed by atoms with Crippen molar-refractivity contribution in [1.29, 1.82) is 0 Å². The number of carbonyl (C=O) groups excluding carboxylic acids is 1. The quantitative estimate of drug-likeness (QED) is 0.746. The summed E-state index contributed by atoms with van der Waals surface area (Å²) in [4.78, 5) is 20.5. The molecule has 2 aromatic heterocycles. The second kappa shape index (κ2) is 7.21. The van der Waals surface area contributed by atoms with Gasteiger partial charge >= 0.3 is 6.03 Å². The van der Waals surface area contributed by atoms with Crippen molar-refractivity contribution in [2.75, 3.05) is 5.32 Å². The topological polar surface area (TPSA) is 85.0 Å². The molecule has 0 aliphatic heterocycles. The van der Waals surface area contributed by atoms with Crippen molar-refractivity contribution >= 4 is 11.7 Å². The molecule has 3 aromatic rings. The molecule has 25 heavy (non-hydrogen) atoms. The van der Waals surface area contributed by atoms with E-state index < -0.39 is 0 Å². The first-order valence-corrected chi connectivity index (χ1v) is 8.09. The first-order chi connectivity index (χ1) is 12.0. The minimum Gasteiger partial charge on any atom is -0.441 e. The van der Waals surface area contributed by atoms with Crippen LogP contribution in [-0.4, -0.2) is 26.6 Å². The van der Waals surface area contributed by atoms with E-state index in [-0.39, 0.29) is 12.1 Å². The number of aryl methyl sites for hydroxylation is 2. The highest BCUT2D eigenvalue weighted by Gasteiger charge is 2.11. The Hall–Kier alpha value is -3.09. The van der Waals surface area contributed by atoms with Gasteiger partial charge in [-0.25, -0.2) is 14.8 Å². The summed E-state index contributed by atoms with van der Waals surface area (Å²) >= 11 is 0. The molecule has 2 N–H and O–H groups in total. The van der Waals surface area contributed by atoms with Gasteiger partial charge in [-0.15, -0.1) is 0 Å². The molecule has 0 bridgehead atoms. The number of carbonyl (C=O) groups is 1. The molecule has 2 heterocycles. The number of benzene rings is 1. The van der Waals surface area contributed by atoms with Crippen LogP contribution < -0.4 is 10.6 Å². The molecule has 0 aliphatic rings. The highest BCUT2D eigenvalue weighted by Crippen LogP contribution is 2.23. The monoisotopic (exact) mass is 339 g/mol. The molecular formula is C18H21N5O2. The molecule has 3 rings (SSSR count). The van der Waals surface area contributed by atoms with Crippen LogP contribution >= 0.6 is 0 Å². The van der Waals surface area contributed by atoms with Crippen LogP contribution in [0.3, 0.4) is 0 Å². The van der Waals surface area contributed by atoms with Gasteiger partial charge < -0.3 is 19.6 Å². The summed E-state index contributed by atoms with van der Waals surface area (Å²) in [5, 5.41) is 5.74. The van der Waals surface area contributed by atoms with E-state index in [1.165, 1.54) is 0 Å². The number of oxazole rings is 1. The van der Waals surface area contributed by atoms with E-state index in [0.717, 1.165) is 17.0 Å². The fourth-order valence-electron chi connectivity index (χ4n) is 2.47. The zero-order valence-corrected chi connectivity index (χ0v) is 14.5. The highest BCUT2D eigenvalue weighted by atomic mass is 16.4. The standard InChI is InChI=1S/C18H21N5O2/c1-12(10-23-8-7-19-11-23)20-18(24)22-16-6-4-5-15(9-16)17-21-13(2)14(3)25-17/h4-9,11-12H,10H2,1-3H3,(H2,20,22,24). The number of hydrogen-bond donors (Lipinski definition) is 2. The van der Waals surface area contributed by atoms with Gasteiger partial charge in [-0.3, -0.25) is 0 Å². The van der Waals surface area contributed by atoms with Crippen LogP contribution in [0.4, 0.5) is 10.5 Å². The highest BCUT2D eigenvalue weighted by molar-refractivity contribution is 5.90. The first kappa shape index (κ1) is 16.8. The van der Waals surface area contributed by atoms with E-state index in [4.69, 9.17) is 4.42 Å². The van der Waals surface area contributed by atoms with Crippen LogP contribution in [0.5, 0.6) is 0 Å². The summed E-state index contributed by atoms with van der Waals surface area (Å²) in [7, 11) is 0. The van der Waals surface area contributed by atoms with E-state index in [2.05, 4.69) is 20.6 Å². The predicted octanol–water partition coefficient (Wildman–Crippen LogP) is 3.37. The number of nitrogens with one attached hydrogen (secondary N) is 2. The number of nitrogens with zero attached hydrogens (tertiary/aromatic N) is 3. The average Bonchev–Trinajstić information content (AvgIpc) is 3.18. The third kappa shape index (κ3) is 4.26. The molecule has 0 fully saturated rings. The maximum absolute atomic E-state index is 12.2. The summed E-state index contributed by atoms with van der Waals surface area (Å²) in [5.41, 5.74) is 2.36. The Labute approximate surface area is 146 Å². The zero-order valence-electron chi connectivity index (χ0n) is 14.5. The fraction of sp³-hybridized carbons (Fsp3) is 0.278. The summed E-state index contributed by atoms with van der Waals surface area (Å²) < 4.78 is 7.55. The molecule has 130 valence electrons. The molecule has 2 amide bonds. The van der Waals surface area contributed by atoms with Crippen LogP contribution in [0.15, 0.2) is 47.4 Å². The lowest BCUT2D eigenvalue weighted by Gasteiger charge is -2.15. The minimum atomic E-state index is -0.260. The Balaban J connectivity index is 1.62. The average molecular weight is 339 g/mol. The smallest absolute Gasteiger partial charge is 0.319 e. The maximum atomic E-state index is 12.2. The van der Waals surface area contributed by atoms with Crippen molar-refractivity contribution in [3.8, 4) is 11.5 Å². The zero-order chi connectivity index (χ0) is 17.8. The molecular weight excluding hydrogens is 318 g/mol. The molecule has 0 spiro atoms. The summed E-state index contributed by atoms with van der Waals surface area (Å²) in [6, 6.07) is 7.13. The number of hydrogen-bond acceptors (Lipinski definition) is 4. The van der Waals surface area contributed by atoms with Crippen LogP contribution in [-0.2, 0) is 6.54 Å². The molecule has 7 heteroatoms. The molecule has 1 unspecified atom stereocenters. The van der Waals surface area contributed by atoms with Gasteiger partial charge in [0.2, 0.25) is 5.89 Å². The van der Waals surface area contributed by atoms with Crippen molar-refractivity contribution in [3.05, 3.63) is 54.4 Å². The van der Waals surface area contributed by atoms with Gasteiger partial charge in [0.1, 0.15) is 5.76 Å². The second-order valence-corrected chi connectivity index (χ2v) is 6.00. The molecule has 0 saturated carbocycles. The van der Waals surface area contributed by atoms with Crippen LogP contribution in [0.2, 0.25) is 0 Å². The van der Waals surface area contributed by atoms with Crippen molar-refractivity contribution in [2.24, 2.45) is 0 Å². The van der Waals surface area contributed by atoms with Crippen molar-refractivity contribution in [2.45, 2.75) is 33.4 Å². The Morgan fingerprint density at radius 3 is 2.88 bits per heavy atom. The molecule has 0 aliphatic carbocycles.